The Morgan fingerprint density at radius 3 is 2.90 bits per heavy atom. The SMILES string of the molecule is Cc1ccc(C#N)c(N2CCc3cccc(N)c3C2)c1. The van der Waals surface area contributed by atoms with Crippen LogP contribution in [0.15, 0.2) is 36.4 Å². The average Bonchev–Trinajstić information content (AvgIpc) is 2.47. The topological polar surface area (TPSA) is 53.0 Å². The van der Waals surface area contributed by atoms with Crippen LogP contribution in [0.1, 0.15) is 22.3 Å². The summed E-state index contributed by atoms with van der Waals surface area (Å²) >= 11 is 0. The summed E-state index contributed by atoms with van der Waals surface area (Å²) in [7, 11) is 0. The number of fused-ring (bicyclic) bond motifs is 1. The first kappa shape index (κ1) is 12.6. The Kier molecular flexibility index (Phi) is 3.08. The standard InChI is InChI=1S/C17H17N3/c1-12-5-6-14(10-18)17(9-12)20-8-7-13-3-2-4-16(19)15(13)11-20/h2-6,9H,7-8,11,19H2,1H3. The number of nitrogens with zero attached hydrogens (tertiary/aromatic N) is 2. The second-order valence-corrected chi connectivity index (χ2v) is 5.29. The van der Waals surface area contributed by atoms with Gasteiger partial charge in [0.1, 0.15) is 6.07 Å². The summed E-state index contributed by atoms with van der Waals surface area (Å²) in [6.45, 7) is 3.76. The van der Waals surface area contributed by atoms with Crippen molar-refractivity contribution in [3.8, 4) is 6.07 Å². The van der Waals surface area contributed by atoms with Gasteiger partial charge in [-0.15, -0.1) is 0 Å². The van der Waals surface area contributed by atoms with Crippen LogP contribution in [0.2, 0.25) is 0 Å². The van der Waals surface area contributed by atoms with Gasteiger partial charge in [0.15, 0.2) is 0 Å². The fourth-order valence-electron chi connectivity index (χ4n) is 2.81. The molecule has 1 heterocycles. The fourth-order valence-corrected chi connectivity index (χ4v) is 2.81. The third-order valence-corrected chi connectivity index (χ3v) is 3.92. The van der Waals surface area contributed by atoms with Gasteiger partial charge in [-0.25, -0.2) is 0 Å². The molecule has 100 valence electrons. The zero-order valence-corrected chi connectivity index (χ0v) is 11.6. The van der Waals surface area contributed by atoms with Gasteiger partial charge in [-0.3, -0.25) is 0 Å². The van der Waals surface area contributed by atoms with Crippen LogP contribution in [0, 0.1) is 18.3 Å². The summed E-state index contributed by atoms with van der Waals surface area (Å²) in [5.74, 6) is 0. The van der Waals surface area contributed by atoms with Gasteiger partial charge in [0.2, 0.25) is 0 Å². The molecule has 3 rings (SSSR count). The van der Waals surface area contributed by atoms with Crippen molar-refractivity contribution in [1.82, 2.24) is 0 Å². The second kappa shape index (κ2) is 4.90. The summed E-state index contributed by atoms with van der Waals surface area (Å²) in [6.07, 6.45) is 0.971. The first-order chi connectivity index (χ1) is 9.69. The number of nitriles is 1. The molecule has 0 aromatic heterocycles. The van der Waals surface area contributed by atoms with Gasteiger partial charge in [0.25, 0.3) is 0 Å². The highest BCUT2D eigenvalue weighted by molar-refractivity contribution is 5.63. The van der Waals surface area contributed by atoms with Crippen molar-refractivity contribution in [1.29, 1.82) is 5.26 Å². The number of nitrogen functional groups attached to an aromatic ring is 1. The number of hydrogen-bond acceptors (Lipinski definition) is 3. The first-order valence-electron chi connectivity index (χ1n) is 6.81. The predicted molar refractivity (Wildman–Crippen MR) is 81.5 cm³/mol. The van der Waals surface area contributed by atoms with Crippen molar-refractivity contribution in [2.45, 2.75) is 19.9 Å². The monoisotopic (exact) mass is 263 g/mol. The third-order valence-electron chi connectivity index (χ3n) is 3.92. The minimum absolute atomic E-state index is 0.730. The van der Waals surface area contributed by atoms with Crippen LogP contribution in [-0.4, -0.2) is 6.54 Å². The number of aryl methyl sites for hydroxylation is 1. The number of benzene rings is 2. The number of hydrogen-bond donors (Lipinski definition) is 1. The lowest BCUT2D eigenvalue weighted by atomic mass is 9.97. The Bertz CT molecular complexity index is 698. The Hall–Kier alpha value is -2.47. The normalized spacial score (nSPS) is 13.7. The Morgan fingerprint density at radius 2 is 2.10 bits per heavy atom. The number of nitrogens with two attached hydrogens (primary N) is 1. The van der Waals surface area contributed by atoms with Crippen molar-refractivity contribution in [3.63, 3.8) is 0 Å². The van der Waals surface area contributed by atoms with Crippen molar-refractivity contribution < 1.29 is 0 Å². The van der Waals surface area contributed by atoms with Gasteiger partial charge in [-0.2, -0.15) is 5.26 Å². The summed E-state index contributed by atoms with van der Waals surface area (Å²) in [6, 6.07) is 14.4. The minimum Gasteiger partial charge on any atom is -0.398 e. The maximum absolute atomic E-state index is 9.29. The van der Waals surface area contributed by atoms with Gasteiger partial charge in [0.05, 0.1) is 11.3 Å². The minimum atomic E-state index is 0.730. The van der Waals surface area contributed by atoms with E-state index in [9.17, 15) is 5.26 Å². The maximum atomic E-state index is 9.29. The van der Waals surface area contributed by atoms with E-state index in [1.54, 1.807) is 0 Å². The van der Waals surface area contributed by atoms with Crippen molar-refractivity contribution in [2.24, 2.45) is 0 Å². The van der Waals surface area contributed by atoms with E-state index in [0.29, 0.717) is 0 Å². The molecule has 0 radical (unpaired) electrons. The highest BCUT2D eigenvalue weighted by Gasteiger charge is 2.20. The van der Waals surface area contributed by atoms with E-state index >= 15 is 0 Å². The Morgan fingerprint density at radius 1 is 1.25 bits per heavy atom. The lowest BCUT2D eigenvalue weighted by Crippen LogP contribution is -2.31. The molecule has 1 aliphatic heterocycles. The van der Waals surface area contributed by atoms with E-state index in [2.05, 4.69) is 30.0 Å². The summed E-state index contributed by atoms with van der Waals surface area (Å²) in [5, 5.41) is 9.29. The number of anilines is 2. The molecule has 2 aromatic rings. The van der Waals surface area contributed by atoms with Gasteiger partial charge in [-0.1, -0.05) is 18.2 Å². The highest BCUT2D eigenvalue weighted by Crippen LogP contribution is 2.30. The summed E-state index contributed by atoms with van der Waals surface area (Å²) in [5.41, 5.74) is 12.4. The van der Waals surface area contributed by atoms with Crippen molar-refractivity contribution in [2.75, 3.05) is 17.2 Å². The predicted octanol–water partition coefficient (Wildman–Crippen LogP) is 3.01. The zero-order chi connectivity index (χ0) is 14.1. The first-order valence-corrected chi connectivity index (χ1v) is 6.81. The van der Waals surface area contributed by atoms with Crippen molar-refractivity contribution in [3.05, 3.63) is 58.7 Å². The molecule has 0 aliphatic carbocycles. The van der Waals surface area contributed by atoms with Crippen LogP contribution in [0.3, 0.4) is 0 Å². The second-order valence-electron chi connectivity index (χ2n) is 5.29. The molecule has 20 heavy (non-hydrogen) atoms. The van der Waals surface area contributed by atoms with Crippen LogP contribution in [0.25, 0.3) is 0 Å². The molecule has 0 fully saturated rings. The van der Waals surface area contributed by atoms with E-state index < -0.39 is 0 Å². The van der Waals surface area contributed by atoms with Gasteiger partial charge in [0, 0.05) is 18.8 Å². The quantitative estimate of drug-likeness (QED) is 0.805. The van der Waals surface area contributed by atoms with Crippen molar-refractivity contribution >= 4 is 11.4 Å². The Balaban J connectivity index is 2.01. The molecule has 0 saturated carbocycles. The molecule has 1 aliphatic rings. The van der Waals surface area contributed by atoms with Crippen LogP contribution in [0.4, 0.5) is 11.4 Å². The lowest BCUT2D eigenvalue weighted by Gasteiger charge is -2.32. The average molecular weight is 263 g/mol. The summed E-state index contributed by atoms with van der Waals surface area (Å²) < 4.78 is 0. The lowest BCUT2D eigenvalue weighted by molar-refractivity contribution is 0.732. The molecule has 3 heteroatoms. The van der Waals surface area contributed by atoms with E-state index in [1.165, 1.54) is 16.7 Å². The zero-order valence-electron chi connectivity index (χ0n) is 11.6. The molecule has 2 aromatic carbocycles. The summed E-state index contributed by atoms with van der Waals surface area (Å²) in [4.78, 5) is 2.25. The number of rotatable bonds is 1. The third kappa shape index (κ3) is 2.10. The van der Waals surface area contributed by atoms with E-state index in [0.717, 1.165) is 36.4 Å². The van der Waals surface area contributed by atoms with Gasteiger partial charge < -0.3 is 10.6 Å². The molecule has 2 N–H and O–H groups in total. The van der Waals surface area contributed by atoms with E-state index in [4.69, 9.17) is 5.73 Å². The molecule has 0 unspecified atom stereocenters. The largest absolute Gasteiger partial charge is 0.398 e. The molecule has 0 saturated heterocycles. The van der Waals surface area contributed by atoms with Crippen LogP contribution in [0.5, 0.6) is 0 Å². The van der Waals surface area contributed by atoms with Crippen LogP contribution >= 0.6 is 0 Å². The molecule has 0 amide bonds. The van der Waals surface area contributed by atoms with Crippen LogP contribution < -0.4 is 10.6 Å². The van der Waals surface area contributed by atoms with Gasteiger partial charge in [-0.05, 0) is 48.2 Å². The smallest absolute Gasteiger partial charge is 0.101 e. The molecule has 0 bridgehead atoms. The maximum Gasteiger partial charge on any atom is 0.101 e. The van der Waals surface area contributed by atoms with Crippen LogP contribution in [-0.2, 0) is 13.0 Å². The molecule has 0 atom stereocenters. The fraction of sp³-hybridized carbons (Fsp3) is 0.235. The van der Waals surface area contributed by atoms with Gasteiger partial charge >= 0.3 is 0 Å². The molecule has 3 nitrogen and oxygen atoms in total. The molecular weight excluding hydrogens is 246 g/mol. The molecular formula is C17H17N3. The van der Waals surface area contributed by atoms with E-state index in [1.807, 2.05) is 24.3 Å². The Labute approximate surface area is 119 Å². The molecule has 0 spiro atoms. The highest BCUT2D eigenvalue weighted by atomic mass is 15.1. The van der Waals surface area contributed by atoms with E-state index in [-0.39, 0.29) is 0 Å².